The highest BCUT2D eigenvalue weighted by Crippen LogP contribution is 2.31. The Morgan fingerprint density at radius 3 is 2.76 bits per heavy atom. The first-order chi connectivity index (χ1) is 9.86. The van der Waals surface area contributed by atoms with Gasteiger partial charge in [-0.25, -0.2) is 0 Å². The molecule has 0 saturated heterocycles. The number of phenols is 1. The maximum Gasteiger partial charge on any atom is 0.246 e. The molecule has 6 heteroatoms. The molecule has 0 aliphatic rings. The summed E-state index contributed by atoms with van der Waals surface area (Å²) in [5.41, 5.74) is 2.31. The van der Waals surface area contributed by atoms with Crippen LogP contribution in [0.3, 0.4) is 0 Å². The van der Waals surface area contributed by atoms with Gasteiger partial charge in [0.05, 0.1) is 11.2 Å². The Labute approximate surface area is 128 Å². The maximum atomic E-state index is 12.0. The van der Waals surface area contributed by atoms with E-state index >= 15 is 0 Å². The number of nitrogens with zero attached hydrogens (tertiary/aromatic N) is 2. The Balaban J connectivity index is 2.15. The van der Waals surface area contributed by atoms with Crippen molar-refractivity contribution in [2.24, 2.45) is 0 Å². The van der Waals surface area contributed by atoms with Crippen LogP contribution in [0.2, 0.25) is 5.02 Å². The molecule has 0 aliphatic heterocycles. The first-order valence-corrected chi connectivity index (χ1v) is 7.06. The van der Waals surface area contributed by atoms with E-state index in [0.29, 0.717) is 10.7 Å². The highest BCUT2D eigenvalue weighted by molar-refractivity contribution is 6.30. The smallest absolute Gasteiger partial charge is 0.246 e. The van der Waals surface area contributed by atoms with Gasteiger partial charge in [-0.1, -0.05) is 25.4 Å². The van der Waals surface area contributed by atoms with Gasteiger partial charge in [0.2, 0.25) is 5.91 Å². The molecule has 0 radical (unpaired) electrons. The molecule has 0 atom stereocenters. The van der Waals surface area contributed by atoms with Crippen molar-refractivity contribution in [1.29, 1.82) is 0 Å². The molecule has 0 aliphatic carbocycles. The van der Waals surface area contributed by atoms with Crippen molar-refractivity contribution in [3.63, 3.8) is 0 Å². The number of amides is 1. The van der Waals surface area contributed by atoms with Gasteiger partial charge in [0.15, 0.2) is 0 Å². The van der Waals surface area contributed by atoms with E-state index in [1.807, 2.05) is 26.8 Å². The van der Waals surface area contributed by atoms with E-state index in [0.717, 1.165) is 11.1 Å². The Hall–Kier alpha value is -2.01. The van der Waals surface area contributed by atoms with Crippen LogP contribution in [-0.4, -0.2) is 20.8 Å². The lowest BCUT2D eigenvalue weighted by molar-refractivity contribution is -0.116. The van der Waals surface area contributed by atoms with Crippen molar-refractivity contribution < 1.29 is 9.90 Å². The molecule has 2 aromatic rings. The van der Waals surface area contributed by atoms with Gasteiger partial charge in [-0.3, -0.25) is 9.48 Å². The molecule has 21 heavy (non-hydrogen) atoms. The van der Waals surface area contributed by atoms with Gasteiger partial charge >= 0.3 is 0 Å². The zero-order chi connectivity index (χ0) is 15.6. The van der Waals surface area contributed by atoms with E-state index < -0.39 is 0 Å². The van der Waals surface area contributed by atoms with Crippen molar-refractivity contribution in [3.05, 3.63) is 40.7 Å². The summed E-state index contributed by atoms with van der Waals surface area (Å²) in [6, 6.07) is 3.47. The minimum atomic E-state index is -0.196. The second-order valence-electron chi connectivity index (χ2n) is 5.28. The highest BCUT2D eigenvalue weighted by atomic mass is 35.5. The molecule has 112 valence electrons. The molecule has 2 rings (SSSR count). The molecule has 1 amide bonds. The number of carbonyl (C=O) groups is 1. The van der Waals surface area contributed by atoms with Gasteiger partial charge in [-0.2, -0.15) is 5.10 Å². The van der Waals surface area contributed by atoms with E-state index in [1.54, 1.807) is 12.3 Å². The molecule has 2 N–H and O–H groups in total. The molecule has 1 aromatic heterocycles. The van der Waals surface area contributed by atoms with Gasteiger partial charge in [0.1, 0.15) is 12.3 Å². The molecule has 1 aromatic carbocycles. The van der Waals surface area contributed by atoms with E-state index in [1.165, 1.54) is 10.9 Å². The van der Waals surface area contributed by atoms with Crippen LogP contribution >= 0.6 is 11.6 Å². The maximum absolute atomic E-state index is 12.0. The second kappa shape index (κ2) is 6.18. The largest absolute Gasteiger partial charge is 0.508 e. The number of nitrogens with one attached hydrogen (secondary N) is 1. The molecule has 1 heterocycles. The van der Waals surface area contributed by atoms with Gasteiger partial charge in [-0.05, 0) is 36.1 Å². The lowest BCUT2D eigenvalue weighted by atomic mass is 9.99. The summed E-state index contributed by atoms with van der Waals surface area (Å²) in [5.74, 6) is 0.226. The van der Waals surface area contributed by atoms with Gasteiger partial charge in [-0.15, -0.1) is 0 Å². The number of aromatic hydroxyl groups is 1. The van der Waals surface area contributed by atoms with Gasteiger partial charge in [0, 0.05) is 11.9 Å². The average molecular weight is 308 g/mol. The third kappa shape index (κ3) is 3.76. The van der Waals surface area contributed by atoms with Crippen molar-refractivity contribution in [1.82, 2.24) is 9.78 Å². The third-order valence-electron chi connectivity index (χ3n) is 3.18. The SMILES string of the molecule is Cc1cc(O)c(C(C)C)cc1NC(=O)Cn1cc(Cl)cn1. The third-order valence-corrected chi connectivity index (χ3v) is 3.37. The zero-order valence-corrected chi connectivity index (χ0v) is 13.0. The minimum Gasteiger partial charge on any atom is -0.508 e. The van der Waals surface area contributed by atoms with Crippen LogP contribution in [0.15, 0.2) is 24.5 Å². The minimum absolute atomic E-state index is 0.0873. The van der Waals surface area contributed by atoms with Crippen LogP contribution in [0.25, 0.3) is 0 Å². The number of rotatable bonds is 4. The number of phenolic OH excluding ortho intramolecular Hbond substituents is 1. The highest BCUT2D eigenvalue weighted by Gasteiger charge is 2.12. The quantitative estimate of drug-likeness (QED) is 0.852. The lowest BCUT2D eigenvalue weighted by Crippen LogP contribution is -2.19. The fraction of sp³-hybridized carbons (Fsp3) is 0.333. The number of halogens is 1. The van der Waals surface area contributed by atoms with E-state index in [-0.39, 0.29) is 24.1 Å². The van der Waals surface area contributed by atoms with Crippen molar-refractivity contribution in [3.8, 4) is 5.75 Å². The van der Waals surface area contributed by atoms with Crippen LogP contribution < -0.4 is 5.32 Å². The summed E-state index contributed by atoms with van der Waals surface area (Å²) in [7, 11) is 0. The fourth-order valence-corrected chi connectivity index (χ4v) is 2.22. The zero-order valence-electron chi connectivity index (χ0n) is 12.2. The Kier molecular flexibility index (Phi) is 4.53. The number of hydrogen-bond acceptors (Lipinski definition) is 3. The van der Waals surface area contributed by atoms with Crippen LogP contribution in [-0.2, 0) is 11.3 Å². The molecule has 0 bridgehead atoms. The Morgan fingerprint density at radius 2 is 2.19 bits per heavy atom. The van der Waals surface area contributed by atoms with Crippen LogP contribution in [0, 0.1) is 6.92 Å². The van der Waals surface area contributed by atoms with E-state index in [4.69, 9.17) is 11.6 Å². The number of carbonyl (C=O) groups excluding carboxylic acids is 1. The van der Waals surface area contributed by atoms with Crippen molar-refractivity contribution >= 4 is 23.2 Å². The molecular formula is C15H18ClN3O2. The molecule has 5 nitrogen and oxygen atoms in total. The monoisotopic (exact) mass is 307 g/mol. The lowest BCUT2D eigenvalue weighted by Gasteiger charge is -2.14. The second-order valence-corrected chi connectivity index (χ2v) is 5.72. The number of hydrogen-bond donors (Lipinski definition) is 2. The number of anilines is 1. The molecule has 0 saturated carbocycles. The van der Waals surface area contributed by atoms with E-state index in [2.05, 4.69) is 10.4 Å². The Morgan fingerprint density at radius 1 is 1.48 bits per heavy atom. The summed E-state index contributed by atoms with van der Waals surface area (Å²) in [6.07, 6.45) is 3.07. The topological polar surface area (TPSA) is 67.2 Å². The summed E-state index contributed by atoms with van der Waals surface area (Å²) >= 11 is 5.76. The number of aromatic nitrogens is 2. The normalized spacial score (nSPS) is 10.9. The first-order valence-electron chi connectivity index (χ1n) is 6.68. The van der Waals surface area contributed by atoms with Crippen LogP contribution in [0.4, 0.5) is 5.69 Å². The summed E-state index contributed by atoms with van der Waals surface area (Å²) in [6.45, 7) is 5.90. The summed E-state index contributed by atoms with van der Waals surface area (Å²) in [4.78, 5) is 12.0. The number of aryl methyl sites for hydroxylation is 1. The van der Waals surface area contributed by atoms with Crippen molar-refractivity contribution in [2.75, 3.05) is 5.32 Å². The van der Waals surface area contributed by atoms with Crippen LogP contribution in [0.5, 0.6) is 5.75 Å². The van der Waals surface area contributed by atoms with Crippen LogP contribution in [0.1, 0.15) is 30.9 Å². The van der Waals surface area contributed by atoms with Gasteiger partial charge in [0.25, 0.3) is 0 Å². The predicted octanol–water partition coefficient (Wildman–Crippen LogP) is 3.31. The molecule has 0 unspecified atom stereocenters. The average Bonchev–Trinajstić information content (AvgIpc) is 2.77. The first kappa shape index (κ1) is 15.4. The molecule has 0 spiro atoms. The van der Waals surface area contributed by atoms with Gasteiger partial charge < -0.3 is 10.4 Å². The standard InChI is InChI=1S/C15H18ClN3O2/c1-9(2)12-5-13(10(3)4-14(12)20)18-15(21)8-19-7-11(16)6-17-19/h4-7,9,20H,8H2,1-3H3,(H,18,21). The molecule has 0 fully saturated rings. The Bertz CT molecular complexity index is 665. The van der Waals surface area contributed by atoms with Crippen molar-refractivity contribution in [2.45, 2.75) is 33.2 Å². The number of benzene rings is 1. The summed E-state index contributed by atoms with van der Waals surface area (Å²) in [5, 5.41) is 17.2. The molecular weight excluding hydrogens is 290 g/mol. The summed E-state index contributed by atoms with van der Waals surface area (Å²) < 4.78 is 1.47. The predicted molar refractivity (Wildman–Crippen MR) is 82.8 cm³/mol. The fourth-order valence-electron chi connectivity index (χ4n) is 2.07. The van der Waals surface area contributed by atoms with E-state index in [9.17, 15) is 9.90 Å².